The molecule has 0 saturated heterocycles. The lowest BCUT2D eigenvalue weighted by Gasteiger charge is -2.22. The molecule has 0 radical (unpaired) electrons. The molecule has 0 aromatic heterocycles. The minimum absolute atomic E-state index is 0.250. The third-order valence-electron chi connectivity index (χ3n) is 1.33. The lowest BCUT2D eigenvalue weighted by molar-refractivity contribution is 0.127. The molecule has 0 aliphatic heterocycles. The van der Waals surface area contributed by atoms with Crippen molar-refractivity contribution in [2.45, 2.75) is 13.0 Å². The lowest BCUT2D eigenvalue weighted by Crippen LogP contribution is -2.41. The van der Waals surface area contributed by atoms with E-state index in [1.54, 1.807) is 34.3 Å². The summed E-state index contributed by atoms with van der Waals surface area (Å²) in [5, 5.41) is 7.57. The third kappa shape index (κ3) is 6.91. The molecule has 5 heteroatoms. The topological polar surface area (TPSA) is 47.9 Å². The zero-order chi connectivity index (χ0) is 10.7. The predicted octanol–water partition coefficient (Wildman–Crippen LogP) is 1.05. The smallest absolute Gasteiger partial charge is 0.397 e. The van der Waals surface area contributed by atoms with Crippen LogP contribution in [-0.2, 0) is 13.3 Å². The van der Waals surface area contributed by atoms with E-state index in [-0.39, 0.29) is 6.61 Å². The van der Waals surface area contributed by atoms with Gasteiger partial charge in [-0.25, -0.2) is 0 Å². The molecular formula is C8H20O4Si. The minimum atomic E-state index is -2.34. The zero-order valence-corrected chi connectivity index (χ0v) is 9.87. The average Bonchev–Trinajstić information content (AvgIpc) is 2.16. The summed E-state index contributed by atoms with van der Waals surface area (Å²) < 4.78 is 15.3. The van der Waals surface area contributed by atoms with Crippen molar-refractivity contribution in [1.82, 2.24) is 0 Å². The fraction of sp³-hybridized carbons (Fsp3) is 0.750. The normalized spacial score (nSPS) is 10.2. The van der Waals surface area contributed by atoms with Crippen molar-refractivity contribution in [1.29, 1.82) is 0 Å². The first-order chi connectivity index (χ1) is 6.16. The monoisotopic (exact) mass is 208 g/mol. The van der Waals surface area contributed by atoms with Crippen molar-refractivity contribution in [3.8, 4) is 0 Å². The van der Waals surface area contributed by atoms with Crippen LogP contribution in [0.1, 0.15) is 6.92 Å². The van der Waals surface area contributed by atoms with Crippen LogP contribution in [0.15, 0.2) is 12.7 Å². The molecule has 4 nitrogen and oxygen atoms in total. The van der Waals surface area contributed by atoms with Crippen LogP contribution in [0.3, 0.4) is 0 Å². The molecule has 0 heterocycles. The van der Waals surface area contributed by atoms with Gasteiger partial charge in [-0.15, -0.1) is 6.58 Å². The van der Waals surface area contributed by atoms with Gasteiger partial charge in [-0.2, -0.15) is 0 Å². The number of rotatable bonds is 5. The molecule has 0 amide bonds. The van der Waals surface area contributed by atoms with Gasteiger partial charge in [-0.05, 0) is 6.92 Å². The van der Waals surface area contributed by atoms with Crippen molar-refractivity contribution in [3.63, 3.8) is 0 Å². The summed E-state index contributed by atoms with van der Waals surface area (Å²) in [4.78, 5) is 0. The van der Waals surface area contributed by atoms with Crippen molar-refractivity contribution in [2.75, 3.05) is 27.9 Å². The molecule has 0 aromatic carbocycles. The molecule has 0 aliphatic rings. The summed E-state index contributed by atoms with van der Waals surface area (Å²) in [6.07, 6.45) is 1.74. The number of aliphatic hydroxyl groups is 1. The van der Waals surface area contributed by atoms with Gasteiger partial charge in [0.15, 0.2) is 0 Å². The Kier molecular flexibility index (Phi) is 11.6. The molecule has 0 saturated carbocycles. The van der Waals surface area contributed by atoms with Gasteiger partial charge < -0.3 is 18.4 Å². The van der Waals surface area contributed by atoms with Crippen LogP contribution in [0.2, 0.25) is 6.04 Å². The molecule has 0 bridgehead atoms. The second-order valence-corrected chi connectivity index (χ2v) is 5.10. The first kappa shape index (κ1) is 15.3. The fourth-order valence-corrected chi connectivity index (χ4v) is 2.03. The Hall–Kier alpha value is -0.203. The Bertz CT molecular complexity index is 106. The van der Waals surface area contributed by atoms with E-state index >= 15 is 0 Å². The van der Waals surface area contributed by atoms with Crippen LogP contribution in [0, 0.1) is 0 Å². The van der Waals surface area contributed by atoms with Crippen LogP contribution < -0.4 is 0 Å². The van der Waals surface area contributed by atoms with Crippen molar-refractivity contribution in [3.05, 3.63) is 12.7 Å². The Labute approximate surface area is 81.5 Å². The highest BCUT2D eigenvalue weighted by molar-refractivity contribution is 6.61. The summed E-state index contributed by atoms with van der Waals surface area (Å²) in [5.41, 5.74) is 0. The first-order valence-corrected chi connectivity index (χ1v) is 5.96. The SMILES string of the molecule is C=CC[Si](OC)(OC)OC.CCO. The minimum Gasteiger partial charge on any atom is -0.397 e. The van der Waals surface area contributed by atoms with E-state index in [4.69, 9.17) is 18.4 Å². The average molecular weight is 208 g/mol. The van der Waals surface area contributed by atoms with Crippen molar-refractivity contribution in [2.24, 2.45) is 0 Å². The van der Waals surface area contributed by atoms with Gasteiger partial charge in [-0.3, -0.25) is 0 Å². The molecule has 0 spiro atoms. The van der Waals surface area contributed by atoms with E-state index in [9.17, 15) is 0 Å². The Morgan fingerprint density at radius 3 is 1.62 bits per heavy atom. The van der Waals surface area contributed by atoms with Gasteiger partial charge in [-0.1, -0.05) is 6.08 Å². The molecular weight excluding hydrogens is 188 g/mol. The fourth-order valence-electron chi connectivity index (χ4n) is 0.677. The van der Waals surface area contributed by atoms with Crippen molar-refractivity contribution >= 4 is 8.80 Å². The van der Waals surface area contributed by atoms with Crippen LogP contribution in [0.5, 0.6) is 0 Å². The predicted molar refractivity (Wildman–Crippen MR) is 54.5 cm³/mol. The highest BCUT2D eigenvalue weighted by Crippen LogP contribution is 2.11. The van der Waals surface area contributed by atoms with E-state index in [0.717, 1.165) is 0 Å². The zero-order valence-electron chi connectivity index (χ0n) is 8.87. The Morgan fingerprint density at radius 2 is 1.54 bits per heavy atom. The molecule has 0 aliphatic carbocycles. The standard InChI is InChI=1S/C6H14O3Si.C2H6O/c1-5-6-10(7-2,8-3)9-4;1-2-3/h5H,1,6H2,2-4H3;3H,2H2,1H3. The van der Waals surface area contributed by atoms with Crippen LogP contribution in [0.4, 0.5) is 0 Å². The third-order valence-corrected chi connectivity index (χ3v) is 3.98. The molecule has 0 atom stereocenters. The van der Waals surface area contributed by atoms with Gasteiger partial charge in [0.1, 0.15) is 0 Å². The number of hydrogen-bond donors (Lipinski definition) is 1. The molecule has 0 aromatic rings. The van der Waals surface area contributed by atoms with Gasteiger partial charge in [0.25, 0.3) is 0 Å². The van der Waals surface area contributed by atoms with Crippen LogP contribution >= 0.6 is 0 Å². The molecule has 0 unspecified atom stereocenters. The largest absolute Gasteiger partial charge is 0.504 e. The maximum atomic E-state index is 7.57. The van der Waals surface area contributed by atoms with E-state index in [1.165, 1.54) is 0 Å². The van der Waals surface area contributed by atoms with E-state index in [0.29, 0.717) is 6.04 Å². The second kappa shape index (κ2) is 9.88. The summed E-state index contributed by atoms with van der Waals surface area (Å²) >= 11 is 0. The number of aliphatic hydroxyl groups excluding tert-OH is 1. The molecule has 0 fully saturated rings. The highest BCUT2D eigenvalue weighted by atomic mass is 28.4. The quantitative estimate of drug-likeness (QED) is 0.542. The summed E-state index contributed by atoms with van der Waals surface area (Å²) in [6.45, 7) is 5.51. The summed E-state index contributed by atoms with van der Waals surface area (Å²) in [5.74, 6) is 0. The van der Waals surface area contributed by atoms with E-state index in [2.05, 4.69) is 6.58 Å². The lowest BCUT2D eigenvalue weighted by atomic mass is 10.8. The Morgan fingerprint density at radius 1 is 1.23 bits per heavy atom. The maximum Gasteiger partial charge on any atom is 0.504 e. The maximum absolute atomic E-state index is 7.57. The van der Waals surface area contributed by atoms with Gasteiger partial charge in [0, 0.05) is 34.0 Å². The molecule has 0 rings (SSSR count). The van der Waals surface area contributed by atoms with Crippen LogP contribution in [-0.4, -0.2) is 41.8 Å². The second-order valence-electron chi connectivity index (χ2n) is 2.10. The van der Waals surface area contributed by atoms with E-state index < -0.39 is 8.80 Å². The summed E-state index contributed by atoms with van der Waals surface area (Å²) in [6, 6.07) is 0.649. The molecule has 1 N–H and O–H groups in total. The molecule has 80 valence electrons. The van der Waals surface area contributed by atoms with E-state index in [1.807, 2.05) is 0 Å². The Balaban J connectivity index is 0. The first-order valence-electron chi connectivity index (χ1n) is 4.03. The highest BCUT2D eigenvalue weighted by Gasteiger charge is 2.35. The number of allylic oxidation sites excluding steroid dienone is 1. The number of hydrogen-bond acceptors (Lipinski definition) is 4. The van der Waals surface area contributed by atoms with Crippen LogP contribution in [0.25, 0.3) is 0 Å². The summed E-state index contributed by atoms with van der Waals surface area (Å²) in [7, 11) is 2.42. The molecule has 13 heavy (non-hydrogen) atoms. The van der Waals surface area contributed by atoms with Gasteiger partial charge in [0.2, 0.25) is 0 Å². The van der Waals surface area contributed by atoms with Crippen molar-refractivity contribution < 1.29 is 18.4 Å². The van der Waals surface area contributed by atoms with Gasteiger partial charge in [0.05, 0.1) is 0 Å². The van der Waals surface area contributed by atoms with Gasteiger partial charge >= 0.3 is 8.80 Å².